The molecule has 0 bridgehead atoms. The van der Waals surface area contributed by atoms with Gasteiger partial charge in [0.15, 0.2) is 0 Å². The largest absolute Gasteiger partial charge is 0.272 e. The van der Waals surface area contributed by atoms with E-state index >= 15 is 0 Å². The van der Waals surface area contributed by atoms with Crippen molar-refractivity contribution in [1.29, 1.82) is 0 Å². The smallest absolute Gasteiger partial charge is 0.252 e. The summed E-state index contributed by atoms with van der Waals surface area (Å²) in [5, 5.41) is 4.13. The van der Waals surface area contributed by atoms with Crippen LogP contribution in [0.25, 0.3) is 0 Å². The van der Waals surface area contributed by atoms with E-state index in [4.69, 9.17) is 0 Å². The quantitative estimate of drug-likeness (QED) is 0.353. The van der Waals surface area contributed by atoms with Crippen molar-refractivity contribution < 1.29 is 4.79 Å². The van der Waals surface area contributed by atoms with Crippen molar-refractivity contribution >= 4 is 34.7 Å². The van der Waals surface area contributed by atoms with Crippen LogP contribution in [0.2, 0.25) is 0 Å². The molecule has 3 rings (SSSR count). The molecule has 1 amide bonds. The third-order valence-electron chi connectivity index (χ3n) is 3.77. The summed E-state index contributed by atoms with van der Waals surface area (Å²) in [5.74, 6) is -0.547. The summed E-state index contributed by atoms with van der Waals surface area (Å²) in [6.07, 6.45) is 1.66. The molecule has 3 aromatic carbocycles. The highest BCUT2D eigenvalue weighted by Gasteiger charge is 2.22. The minimum atomic E-state index is -0.393. The predicted octanol–water partition coefficient (Wildman–Crippen LogP) is 4.57. The zero-order valence-corrected chi connectivity index (χ0v) is 15.6. The molecule has 0 saturated heterocycles. The molecule has 0 heterocycles. The number of benzene rings is 3. The Morgan fingerprint density at radius 1 is 0.880 bits per heavy atom. The number of hydrogen-bond donors (Lipinski definition) is 1. The summed E-state index contributed by atoms with van der Waals surface area (Å²) in [6.45, 7) is 0. The molecule has 0 saturated carbocycles. The number of hydrogen-bond acceptors (Lipinski definition) is 2. The second-order valence-corrected chi connectivity index (χ2v) is 6.79. The zero-order valence-electron chi connectivity index (χ0n) is 13.5. The number of halogens is 1. The lowest BCUT2D eigenvalue weighted by Gasteiger charge is -2.16. The number of carbonyl (C=O) groups is 1. The van der Waals surface area contributed by atoms with Crippen LogP contribution in [0.3, 0.4) is 0 Å². The lowest BCUT2D eigenvalue weighted by atomic mass is 9.91. The van der Waals surface area contributed by atoms with Gasteiger partial charge in [-0.05, 0) is 51.4 Å². The maximum absolute atomic E-state index is 12.8. The number of nitrogens with zero attached hydrogens (tertiary/aromatic N) is 1. The first-order valence-corrected chi connectivity index (χ1v) is 9.00. The van der Waals surface area contributed by atoms with Gasteiger partial charge in [-0.3, -0.25) is 4.79 Å². The van der Waals surface area contributed by atoms with Crippen LogP contribution in [-0.4, -0.2) is 12.1 Å². The molecule has 3 aromatic rings. The Balaban J connectivity index is 1.80. The van der Waals surface area contributed by atoms with Gasteiger partial charge < -0.3 is 0 Å². The van der Waals surface area contributed by atoms with Crippen molar-refractivity contribution in [2.24, 2.45) is 5.10 Å². The average Bonchev–Trinajstić information content (AvgIpc) is 2.64. The summed E-state index contributed by atoms with van der Waals surface area (Å²) in [6, 6.07) is 27.4. The molecule has 0 aliphatic heterocycles. The van der Waals surface area contributed by atoms with Crippen LogP contribution >= 0.6 is 22.6 Å². The summed E-state index contributed by atoms with van der Waals surface area (Å²) >= 11 is 2.25. The SMILES string of the molecule is O=C(N/N=C/c1cccc(I)c1)C(c1ccccc1)c1ccccc1. The molecule has 0 fully saturated rings. The van der Waals surface area contributed by atoms with Crippen LogP contribution in [0.4, 0.5) is 0 Å². The Hall–Kier alpha value is -2.47. The fourth-order valence-electron chi connectivity index (χ4n) is 2.61. The first-order valence-electron chi connectivity index (χ1n) is 7.92. The Kier molecular flexibility index (Phi) is 5.95. The summed E-state index contributed by atoms with van der Waals surface area (Å²) < 4.78 is 1.12. The van der Waals surface area contributed by atoms with E-state index in [9.17, 15) is 4.79 Å². The van der Waals surface area contributed by atoms with E-state index < -0.39 is 5.92 Å². The molecule has 3 nitrogen and oxygen atoms in total. The minimum Gasteiger partial charge on any atom is -0.272 e. The molecule has 0 aliphatic carbocycles. The van der Waals surface area contributed by atoms with Crippen molar-refractivity contribution in [3.63, 3.8) is 0 Å². The van der Waals surface area contributed by atoms with E-state index in [-0.39, 0.29) is 5.91 Å². The second kappa shape index (κ2) is 8.58. The molecule has 4 heteroatoms. The van der Waals surface area contributed by atoms with Crippen LogP contribution < -0.4 is 5.43 Å². The first kappa shape index (κ1) is 17.4. The molecule has 0 atom stereocenters. The van der Waals surface area contributed by atoms with Crippen LogP contribution in [0.5, 0.6) is 0 Å². The molecule has 1 N–H and O–H groups in total. The molecule has 0 radical (unpaired) electrons. The minimum absolute atomic E-state index is 0.153. The molecule has 25 heavy (non-hydrogen) atoms. The van der Waals surface area contributed by atoms with Gasteiger partial charge in [-0.1, -0.05) is 72.8 Å². The van der Waals surface area contributed by atoms with E-state index in [0.29, 0.717) is 0 Å². The van der Waals surface area contributed by atoms with Gasteiger partial charge in [-0.2, -0.15) is 5.10 Å². The summed E-state index contributed by atoms with van der Waals surface area (Å²) in [5.41, 5.74) is 5.50. The molecular formula is C21H17IN2O. The zero-order chi connectivity index (χ0) is 17.5. The highest BCUT2D eigenvalue weighted by molar-refractivity contribution is 14.1. The van der Waals surface area contributed by atoms with Gasteiger partial charge in [0.05, 0.1) is 12.1 Å². The monoisotopic (exact) mass is 440 g/mol. The van der Waals surface area contributed by atoms with Gasteiger partial charge in [0.1, 0.15) is 0 Å². The highest BCUT2D eigenvalue weighted by atomic mass is 127. The molecule has 0 spiro atoms. The van der Waals surface area contributed by atoms with Crippen molar-refractivity contribution in [2.75, 3.05) is 0 Å². The van der Waals surface area contributed by atoms with Crippen LogP contribution in [-0.2, 0) is 4.79 Å². The van der Waals surface area contributed by atoms with Crippen molar-refractivity contribution in [3.8, 4) is 0 Å². The lowest BCUT2D eigenvalue weighted by molar-refractivity contribution is -0.121. The number of amides is 1. The summed E-state index contributed by atoms with van der Waals surface area (Å²) in [7, 11) is 0. The fraction of sp³-hybridized carbons (Fsp3) is 0.0476. The molecule has 0 aliphatic rings. The highest BCUT2D eigenvalue weighted by Crippen LogP contribution is 2.24. The number of nitrogens with one attached hydrogen (secondary N) is 1. The van der Waals surface area contributed by atoms with E-state index in [1.807, 2.05) is 84.9 Å². The van der Waals surface area contributed by atoms with Gasteiger partial charge in [0, 0.05) is 3.57 Å². The van der Waals surface area contributed by atoms with Gasteiger partial charge in [0.25, 0.3) is 5.91 Å². The van der Waals surface area contributed by atoms with Gasteiger partial charge in [-0.25, -0.2) is 5.43 Å². The first-order chi connectivity index (χ1) is 12.2. The topological polar surface area (TPSA) is 41.5 Å². The van der Waals surface area contributed by atoms with E-state index in [1.54, 1.807) is 6.21 Å². The van der Waals surface area contributed by atoms with E-state index in [1.165, 1.54) is 0 Å². The van der Waals surface area contributed by atoms with E-state index in [0.717, 1.165) is 20.3 Å². The van der Waals surface area contributed by atoms with E-state index in [2.05, 4.69) is 33.1 Å². The Morgan fingerprint density at radius 2 is 1.48 bits per heavy atom. The van der Waals surface area contributed by atoms with Crippen LogP contribution in [0.15, 0.2) is 90.0 Å². The molecule has 0 aromatic heterocycles. The van der Waals surface area contributed by atoms with Crippen LogP contribution in [0.1, 0.15) is 22.6 Å². The van der Waals surface area contributed by atoms with Crippen molar-refractivity contribution in [1.82, 2.24) is 5.43 Å². The molecule has 124 valence electrons. The lowest BCUT2D eigenvalue weighted by Crippen LogP contribution is -2.26. The van der Waals surface area contributed by atoms with Gasteiger partial charge in [0.2, 0.25) is 0 Å². The Bertz CT molecular complexity index is 824. The number of hydrazone groups is 1. The van der Waals surface area contributed by atoms with Crippen molar-refractivity contribution in [3.05, 3.63) is 105 Å². The number of carbonyl (C=O) groups excluding carboxylic acids is 1. The molecule has 0 unspecified atom stereocenters. The normalized spacial score (nSPS) is 11.0. The van der Waals surface area contributed by atoms with Gasteiger partial charge in [-0.15, -0.1) is 0 Å². The second-order valence-electron chi connectivity index (χ2n) is 5.54. The summed E-state index contributed by atoms with van der Waals surface area (Å²) in [4.78, 5) is 12.8. The fourth-order valence-corrected chi connectivity index (χ4v) is 3.18. The van der Waals surface area contributed by atoms with Gasteiger partial charge >= 0.3 is 0 Å². The average molecular weight is 440 g/mol. The standard InChI is InChI=1S/C21H17IN2O/c22-19-13-7-8-16(14-19)15-23-24-21(25)20(17-9-3-1-4-10-17)18-11-5-2-6-12-18/h1-15,20H,(H,24,25)/b23-15+. The number of rotatable bonds is 5. The molecular weight excluding hydrogens is 423 g/mol. The Labute approximate surface area is 160 Å². The predicted molar refractivity (Wildman–Crippen MR) is 110 cm³/mol. The maximum Gasteiger partial charge on any atom is 0.252 e. The third-order valence-corrected chi connectivity index (χ3v) is 4.44. The maximum atomic E-state index is 12.8. The Morgan fingerprint density at radius 3 is 2.04 bits per heavy atom. The van der Waals surface area contributed by atoms with Crippen LogP contribution in [0, 0.1) is 3.57 Å². The van der Waals surface area contributed by atoms with Crippen molar-refractivity contribution in [2.45, 2.75) is 5.92 Å². The third kappa shape index (κ3) is 4.76.